The molecule has 0 saturated carbocycles. The Labute approximate surface area is 120 Å². The molecular formula is C16H35N3. The summed E-state index contributed by atoms with van der Waals surface area (Å²) in [5.74, 6) is 2.31. The van der Waals surface area contributed by atoms with Gasteiger partial charge in [0.15, 0.2) is 0 Å². The zero-order valence-electron chi connectivity index (χ0n) is 13.8. The molecule has 1 N–H and O–H groups in total. The van der Waals surface area contributed by atoms with E-state index < -0.39 is 0 Å². The number of nitrogens with zero attached hydrogens (tertiary/aromatic N) is 2. The van der Waals surface area contributed by atoms with Crippen molar-refractivity contribution in [3.05, 3.63) is 0 Å². The predicted molar refractivity (Wildman–Crippen MR) is 84.6 cm³/mol. The Bertz CT molecular complexity index is 220. The van der Waals surface area contributed by atoms with E-state index in [-0.39, 0.29) is 0 Å². The van der Waals surface area contributed by atoms with E-state index in [9.17, 15) is 0 Å². The van der Waals surface area contributed by atoms with Gasteiger partial charge in [0.1, 0.15) is 0 Å². The third-order valence-corrected chi connectivity index (χ3v) is 3.70. The van der Waals surface area contributed by atoms with Crippen molar-refractivity contribution < 1.29 is 0 Å². The molecule has 3 heteroatoms. The molecule has 3 nitrogen and oxygen atoms in total. The molecule has 1 aliphatic heterocycles. The van der Waals surface area contributed by atoms with Crippen LogP contribution in [0.5, 0.6) is 0 Å². The molecular weight excluding hydrogens is 234 g/mol. The smallest absolute Gasteiger partial charge is 0.0110 e. The first-order valence-electron chi connectivity index (χ1n) is 8.12. The van der Waals surface area contributed by atoms with Crippen LogP contribution >= 0.6 is 0 Å². The van der Waals surface area contributed by atoms with Crippen molar-refractivity contribution in [1.29, 1.82) is 0 Å². The van der Waals surface area contributed by atoms with Gasteiger partial charge in [0, 0.05) is 39.3 Å². The van der Waals surface area contributed by atoms with Crippen LogP contribution in [0.15, 0.2) is 0 Å². The molecule has 1 fully saturated rings. The van der Waals surface area contributed by atoms with Crippen LogP contribution in [0, 0.1) is 17.8 Å². The maximum atomic E-state index is 3.57. The Morgan fingerprint density at radius 1 is 0.737 bits per heavy atom. The number of nitrogens with one attached hydrogen (secondary N) is 1. The minimum Gasteiger partial charge on any atom is -0.316 e. The molecule has 0 aromatic heterocycles. The molecule has 1 heterocycles. The van der Waals surface area contributed by atoms with Gasteiger partial charge < -0.3 is 15.1 Å². The number of hydrogen-bond acceptors (Lipinski definition) is 3. The topological polar surface area (TPSA) is 18.5 Å². The molecule has 0 bridgehead atoms. The molecule has 1 atom stereocenters. The van der Waals surface area contributed by atoms with Crippen LogP contribution in [0.2, 0.25) is 0 Å². The van der Waals surface area contributed by atoms with Crippen molar-refractivity contribution >= 4 is 0 Å². The van der Waals surface area contributed by atoms with E-state index in [0.29, 0.717) is 0 Å². The third kappa shape index (κ3) is 7.91. The quantitative estimate of drug-likeness (QED) is 0.728. The van der Waals surface area contributed by atoms with Crippen molar-refractivity contribution in [3.63, 3.8) is 0 Å². The second kappa shape index (κ2) is 8.93. The standard InChI is InChI=1S/C16H35N3/c1-14(2)10-17-11-16(5)13-19-8-6-18(7-9-19)12-15(3)4/h14-17H,6-13H2,1-5H3. The van der Waals surface area contributed by atoms with Gasteiger partial charge in [0.25, 0.3) is 0 Å². The summed E-state index contributed by atoms with van der Waals surface area (Å²) < 4.78 is 0. The van der Waals surface area contributed by atoms with Gasteiger partial charge in [0.05, 0.1) is 0 Å². The molecule has 1 rings (SSSR count). The van der Waals surface area contributed by atoms with E-state index in [1.165, 1.54) is 39.3 Å². The van der Waals surface area contributed by atoms with Crippen LogP contribution in [-0.4, -0.2) is 62.2 Å². The van der Waals surface area contributed by atoms with Crippen molar-refractivity contribution in [2.75, 3.05) is 52.4 Å². The zero-order valence-corrected chi connectivity index (χ0v) is 13.8. The highest BCUT2D eigenvalue weighted by atomic mass is 15.3. The molecule has 0 amide bonds. The van der Waals surface area contributed by atoms with Crippen LogP contribution in [0.1, 0.15) is 34.6 Å². The van der Waals surface area contributed by atoms with Gasteiger partial charge in [-0.25, -0.2) is 0 Å². The number of rotatable bonds is 8. The van der Waals surface area contributed by atoms with Crippen LogP contribution < -0.4 is 5.32 Å². The first kappa shape index (κ1) is 16.9. The summed E-state index contributed by atoms with van der Waals surface area (Å²) in [6, 6.07) is 0. The lowest BCUT2D eigenvalue weighted by Crippen LogP contribution is -2.49. The largest absolute Gasteiger partial charge is 0.316 e. The maximum Gasteiger partial charge on any atom is 0.0110 e. The lowest BCUT2D eigenvalue weighted by molar-refractivity contribution is 0.111. The van der Waals surface area contributed by atoms with Gasteiger partial charge in [-0.05, 0) is 30.8 Å². The van der Waals surface area contributed by atoms with Gasteiger partial charge in [-0.3, -0.25) is 0 Å². The predicted octanol–water partition coefficient (Wildman–Crippen LogP) is 2.14. The fourth-order valence-corrected chi connectivity index (χ4v) is 2.79. The fourth-order valence-electron chi connectivity index (χ4n) is 2.79. The van der Waals surface area contributed by atoms with E-state index in [2.05, 4.69) is 49.7 Å². The Morgan fingerprint density at radius 3 is 1.74 bits per heavy atom. The highest BCUT2D eigenvalue weighted by molar-refractivity contribution is 4.74. The SMILES string of the molecule is CC(C)CNCC(C)CN1CCN(CC(C)C)CC1. The fraction of sp³-hybridized carbons (Fsp3) is 1.00. The lowest BCUT2D eigenvalue weighted by Gasteiger charge is -2.36. The highest BCUT2D eigenvalue weighted by Crippen LogP contribution is 2.07. The van der Waals surface area contributed by atoms with Crippen LogP contribution in [0.25, 0.3) is 0 Å². The molecule has 1 aliphatic rings. The molecule has 1 saturated heterocycles. The minimum absolute atomic E-state index is 0.756. The van der Waals surface area contributed by atoms with Crippen molar-refractivity contribution in [3.8, 4) is 0 Å². The maximum absolute atomic E-state index is 3.57. The second-order valence-electron chi connectivity index (χ2n) is 7.15. The van der Waals surface area contributed by atoms with Crippen LogP contribution in [-0.2, 0) is 0 Å². The van der Waals surface area contributed by atoms with Crippen molar-refractivity contribution in [1.82, 2.24) is 15.1 Å². The molecule has 1 unspecified atom stereocenters. The van der Waals surface area contributed by atoms with Crippen molar-refractivity contribution in [2.24, 2.45) is 17.8 Å². The minimum atomic E-state index is 0.756. The first-order valence-corrected chi connectivity index (χ1v) is 8.12. The molecule has 0 aromatic rings. The van der Waals surface area contributed by atoms with Crippen molar-refractivity contribution in [2.45, 2.75) is 34.6 Å². The summed E-state index contributed by atoms with van der Waals surface area (Å²) in [7, 11) is 0. The Morgan fingerprint density at radius 2 is 1.26 bits per heavy atom. The van der Waals surface area contributed by atoms with E-state index in [1.807, 2.05) is 0 Å². The van der Waals surface area contributed by atoms with Gasteiger partial charge in [-0.15, -0.1) is 0 Å². The van der Waals surface area contributed by atoms with Crippen LogP contribution in [0.3, 0.4) is 0 Å². The monoisotopic (exact) mass is 269 g/mol. The summed E-state index contributed by atoms with van der Waals surface area (Å²) in [6.07, 6.45) is 0. The van der Waals surface area contributed by atoms with Gasteiger partial charge >= 0.3 is 0 Å². The van der Waals surface area contributed by atoms with E-state index in [1.54, 1.807) is 0 Å². The average Bonchev–Trinajstić information content (AvgIpc) is 2.30. The summed E-state index contributed by atoms with van der Waals surface area (Å²) in [4.78, 5) is 5.25. The third-order valence-electron chi connectivity index (χ3n) is 3.70. The Hall–Kier alpha value is -0.120. The van der Waals surface area contributed by atoms with E-state index >= 15 is 0 Å². The molecule has 114 valence electrons. The zero-order chi connectivity index (χ0) is 14.3. The van der Waals surface area contributed by atoms with Gasteiger partial charge in [-0.1, -0.05) is 34.6 Å². The average molecular weight is 269 g/mol. The first-order chi connectivity index (χ1) is 8.97. The second-order valence-corrected chi connectivity index (χ2v) is 7.15. The van der Waals surface area contributed by atoms with Gasteiger partial charge in [0.2, 0.25) is 0 Å². The molecule has 0 aliphatic carbocycles. The van der Waals surface area contributed by atoms with E-state index in [0.717, 1.165) is 30.8 Å². The molecule has 19 heavy (non-hydrogen) atoms. The Kier molecular flexibility index (Phi) is 7.96. The van der Waals surface area contributed by atoms with Gasteiger partial charge in [-0.2, -0.15) is 0 Å². The number of piperazine rings is 1. The summed E-state index contributed by atoms with van der Waals surface area (Å²) in [5, 5.41) is 3.57. The summed E-state index contributed by atoms with van der Waals surface area (Å²) >= 11 is 0. The summed E-state index contributed by atoms with van der Waals surface area (Å²) in [5.41, 5.74) is 0. The van der Waals surface area contributed by atoms with E-state index in [4.69, 9.17) is 0 Å². The molecule has 0 radical (unpaired) electrons. The normalized spacial score (nSPS) is 20.4. The molecule has 0 spiro atoms. The number of hydrogen-bond donors (Lipinski definition) is 1. The summed E-state index contributed by atoms with van der Waals surface area (Å²) in [6.45, 7) is 21.4. The highest BCUT2D eigenvalue weighted by Gasteiger charge is 2.18. The Balaban J connectivity index is 2.11. The lowest BCUT2D eigenvalue weighted by atomic mass is 10.1. The van der Waals surface area contributed by atoms with Crippen LogP contribution in [0.4, 0.5) is 0 Å². The molecule has 0 aromatic carbocycles.